The first kappa shape index (κ1) is 19.2. The minimum atomic E-state index is -3.05. The Balaban J connectivity index is 1.97. The predicted molar refractivity (Wildman–Crippen MR) is 98.2 cm³/mol. The molecule has 0 radical (unpaired) electrons. The van der Waals surface area contributed by atoms with E-state index < -0.39 is 8.56 Å². The summed E-state index contributed by atoms with van der Waals surface area (Å²) in [5.41, 5.74) is 5.49. The molecule has 1 aromatic heterocycles. The van der Waals surface area contributed by atoms with E-state index in [2.05, 4.69) is 36.2 Å². The molecule has 2 atom stereocenters. The van der Waals surface area contributed by atoms with Gasteiger partial charge in [0.1, 0.15) is 0 Å². The van der Waals surface area contributed by atoms with E-state index in [-0.39, 0.29) is 24.8 Å². The van der Waals surface area contributed by atoms with Gasteiger partial charge in [-0.05, 0) is 25.9 Å². The lowest BCUT2D eigenvalue weighted by Crippen LogP contribution is -2.50. The predicted octanol–water partition coefficient (Wildman–Crippen LogP) is -1.58. The molecule has 0 amide bonds. The van der Waals surface area contributed by atoms with E-state index >= 15 is 0 Å². The number of morpholine rings is 1. The van der Waals surface area contributed by atoms with Crippen molar-refractivity contribution in [1.82, 2.24) is 20.0 Å². The van der Waals surface area contributed by atoms with Gasteiger partial charge in [0.15, 0.2) is 0 Å². The van der Waals surface area contributed by atoms with Crippen molar-refractivity contribution < 1.29 is 19.4 Å². The Kier molecular flexibility index (Phi) is 6.90. The van der Waals surface area contributed by atoms with E-state index in [1.165, 1.54) is 6.55 Å². The molecule has 13 heteroatoms. The monoisotopic (exact) mass is 389 g/mol. The molecule has 0 aromatic carbocycles. The van der Waals surface area contributed by atoms with Gasteiger partial charge in [0, 0.05) is 19.6 Å². The lowest BCUT2D eigenvalue weighted by molar-refractivity contribution is -0.0891. The molecule has 8 N–H and O–H groups in total. The summed E-state index contributed by atoms with van der Waals surface area (Å²) < 4.78 is 12.6. The molecule has 0 bridgehead atoms. The number of ether oxygens (including phenoxy) is 1. The number of aliphatic hydroxyl groups excluding tert-OH is 1. The maximum absolute atomic E-state index is 9.46. The van der Waals surface area contributed by atoms with Crippen molar-refractivity contribution in [1.29, 1.82) is 1.43 Å². The molecule has 2 rings (SSSR count). The summed E-state index contributed by atoms with van der Waals surface area (Å²) in [4.78, 5) is 31.5. The quantitative estimate of drug-likeness (QED) is 0.106. The molecule has 0 saturated carbocycles. The molecule has 0 aliphatic carbocycles. The van der Waals surface area contributed by atoms with Gasteiger partial charge in [-0.1, -0.05) is 0 Å². The highest BCUT2D eigenvalue weighted by atomic mass is 28.4. The smallest absolute Gasteiger partial charge is 0.329 e. The zero-order valence-corrected chi connectivity index (χ0v) is 16.0. The van der Waals surface area contributed by atoms with Gasteiger partial charge in [0.2, 0.25) is 19.3 Å². The van der Waals surface area contributed by atoms with Crippen LogP contribution in [0.4, 0.5) is 17.8 Å². The molecule has 1 aliphatic heterocycles. The van der Waals surface area contributed by atoms with E-state index in [0.29, 0.717) is 44.0 Å². The zero-order chi connectivity index (χ0) is 19.9. The molecule has 2 heterocycles. The fourth-order valence-electron chi connectivity index (χ4n) is 2.56. The van der Waals surface area contributed by atoms with Gasteiger partial charge in [0.05, 0.1) is 18.8 Å². The van der Waals surface area contributed by atoms with Crippen LogP contribution in [0.1, 0.15) is 13.3 Å². The van der Waals surface area contributed by atoms with E-state index in [9.17, 15) is 9.59 Å². The number of hydrogen-bond donors (Lipinski definition) is 7. The van der Waals surface area contributed by atoms with Crippen molar-refractivity contribution in [2.75, 3.05) is 42.4 Å². The number of hydrogen-bond acceptors (Lipinski definition) is 12. The lowest BCUT2D eigenvalue weighted by Gasteiger charge is -2.35. The average molecular weight is 390 g/mol. The lowest BCUT2D eigenvalue weighted by atomic mass is 10.2. The fraction of sp³-hybridized carbons (Fsp3) is 0.769. The van der Waals surface area contributed by atoms with Crippen LogP contribution in [0.5, 0.6) is 0 Å². The average Bonchev–Trinajstić information content (AvgIpc) is 2.57. The molecular weight excluding hydrogens is 360 g/mol. The minimum absolute atomic E-state index is 0.0478. The summed E-state index contributed by atoms with van der Waals surface area (Å²) in [6.07, 6.45) is 0.292. The van der Waals surface area contributed by atoms with Crippen molar-refractivity contribution in [3.05, 3.63) is 0 Å². The molecule has 1 aromatic rings. The SMILES string of the molecule is [2H]OCC1CN(Nc2nc(NN)nc(NCCC[Si](C)(O)O)n2)CC(C)O1. The van der Waals surface area contributed by atoms with Crippen LogP contribution in [0.2, 0.25) is 12.6 Å². The van der Waals surface area contributed by atoms with Crippen molar-refractivity contribution in [3.63, 3.8) is 0 Å². The highest BCUT2D eigenvalue weighted by molar-refractivity contribution is 6.63. The minimum Gasteiger partial charge on any atom is -0.411 e. The first-order chi connectivity index (χ1) is 12.8. The standard InChI is InChI=1S/C13H28N8O4Si/c1-9-6-21(7-10(8-22)25-9)20-13-17-11(16-12(18-13)19-14)15-4-3-5-26(2,23)24/h9-10,22-24H,3-8,14H2,1-2H3,(H3,15,16,17,18,19,20)/i22D. The van der Waals surface area contributed by atoms with E-state index in [0.717, 1.165) is 0 Å². The third-order valence-corrected chi connectivity index (χ3v) is 4.95. The van der Waals surface area contributed by atoms with Gasteiger partial charge in [0.25, 0.3) is 0 Å². The summed E-state index contributed by atoms with van der Waals surface area (Å²) in [6, 6.07) is 0.351. The molecule has 148 valence electrons. The van der Waals surface area contributed by atoms with Gasteiger partial charge in [-0.15, -0.1) is 0 Å². The number of hydrazine groups is 2. The number of nitrogen functional groups attached to an aromatic ring is 1. The number of nitrogens with one attached hydrogen (secondary N) is 3. The normalized spacial score (nSPS) is 22.0. The summed E-state index contributed by atoms with van der Waals surface area (Å²) in [7, 11) is -3.05. The van der Waals surface area contributed by atoms with Crippen LogP contribution in [0.25, 0.3) is 0 Å². The summed E-state index contributed by atoms with van der Waals surface area (Å²) in [6.45, 7) is 5.15. The number of nitrogens with zero attached hydrogens (tertiary/aromatic N) is 4. The Morgan fingerprint density at radius 2 is 2.04 bits per heavy atom. The number of aromatic nitrogens is 3. The van der Waals surface area contributed by atoms with Crippen LogP contribution < -0.4 is 22.0 Å². The van der Waals surface area contributed by atoms with Crippen molar-refractivity contribution in [3.8, 4) is 0 Å². The third kappa shape index (κ3) is 6.95. The molecule has 2 unspecified atom stereocenters. The first-order valence-corrected chi connectivity index (χ1v) is 11.1. The molecular formula is C13H28N8O4Si. The Bertz CT molecular complexity index is 596. The molecule has 1 fully saturated rings. The van der Waals surface area contributed by atoms with Gasteiger partial charge >= 0.3 is 8.56 Å². The second-order valence-electron chi connectivity index (χ2n) is 6.45. The third-order valence-electron chi connectivity index (χ3n) is 3.65. The van der Waals surface area contributed by atoms with Gasteiger partial charge in [-0.2, -0.15) is 15.0 Å². The number of nitrogens with two attached hydrogens (primary N) is 1. The molecule has 0 spiro atoms. The Morgan fingerprint density at radius 1 is 1.31 bits per heavy atom. The topological polar surface area (TPSA) is 174 Å². The number of aliphatic hydroxyl groups is 1. The van der Waals surface area contributed by atoms with Gasteiger partial charge in [-0.3, -0.25) is 10.9 Å². The molecule has 26 heavy (non-hydrogen) atoms. The second kappa shape index (κ2) is 9.36. The van der Waals surface area contributed by atoms with E-state index in [1.54, 1.807) is 0 Å². The van der Waals surface area contributed by atoms with E-state index in [4.69, 9.17) is 12.0 Å². The van der Waals surface area contributed by atoms with Crippen LogP contribution in [-0.4, -0.2) is 83.1 Å². The maximum Gasteiger partial charge on any atom is 0.329 e. The Morgan fingerprint density at radius 3 is 2.73 bits per heavy atom. The van der Waals surface area contributed by atoms with Crippen LogP contribution in [0.3, 0.4) is 0 Å². The number of anilines is 3. The summed E-state index contributed by atoms with van der Waals surface area (Å²) in [5.74, 6) is 6.22. The molecule has 1 saturated heterocycles. The van der Waals surface area contributed by atoms with Gasteiger partial charge < -0.3 is 24.8 Å². The number of rotatable bonds is 10. The van der Waals surface area contributed by atoms with Gasteiger partial charge in [-0.25, -0.2) is 10.9 Å². The summed E-state index contributed by atoms with van der Waals surface area (Å²) in [5, 5.41) is 9.33. The van der Waals surface area contributed by atoms with Crippen molar-refractivity contribution >= 4 is 26.4 Å². The molecule has 1 aliphatic rings. The highest BCUT2D eigenvalue weighted by Crippen LogP contribution is 2.14. The maximum atomic E-state index is 9.46. The van der Waals surface area contributed by atoms with Crippen LogP contribution in [0, 0.1) is 0 Å². The Labute approximate surface area is 154 Å². The largest absolute Gasteiger partial charge is 0.411 e. The Hall–Kier alpha value is -1.61. The summed E-state index contributed by atoms with van der Waals surface area (Å²) >= 11 is 0. The second-order valence-corrected chi connectivity index (χ2v) is 9.38. The van der Waals surface area contributed by atoms with Crippen LogP contribution >= 0.6 is 0 Å². The van der Waals surface area contributed by atoms with Crippen molar-refractivity contribution in [2.24, 2.45) is 5.84 Å². The van der Waals surface area contributed by atoms with E-state index in [1.807, 2.05) is 11.9 Å². The first-order valence-electron chi connectivity index (χ1n) is 8.86. The van der Waals surface area contributed by atoms with Crippen LogP contribution in [-0.2, 0) is 4.74 Å². The fourth-order valence-corrected chi connectivity index (χ4v) is 3.41. The van der Waals surface area contributed by atoms with Crippen molar-refractivity contribution in [2.45, 2.75) is 38.1 Å². The zero-order valence-electron chi connectivity index (χ0n) is 16.0. The molecule has 12 nitrogen and oxygen atoms in total. The highest BCUT2D eigenvalue weighted by Gasteiger charge is 2.25. The van der Waals surface area contributed by atoms with Crippen LogP contribution in [0.15, 0.2) is 0 Å².